The quantitative estimate of drug-likeness (QED) is 0.514. The molecule has 1 N–H and O–H groups in total. The molecule has 170 valence electrons. The Morgan fingerprint density at radius 2 is 2.00 bits per heavy atom. The van der Waals surface area contributed by atoms with Crippen molar-refractivity contribution in [3.8, 4) is 23.0 Å². The molecule has 0 aliphatic carbocycles. The van der Waals surface area contributed by atoms with Crippen LogP contribution in [0.25, 0.3) is 11.3 Å². The van der Waals surface area contributed by atoms with Crippen molar-refractivity contribution in [3.63, 3.8) is 0 Å². The summed E-state index contributed by atoms with van der Waals surface area (Å²) in [6.07, 6.45) is 2.68. The number of nitrogens with zero attached hydrogens (tertiary/aromatic N) is 3. The van der Waals surface area contributed by atoms with Crippen molar-refractivity contribution in [2.45, 2.75) is 31.9 Å². The molecule has 0 amide bonds. The summed E-state index contributed by atoms with van der Waals surface area (Å²) >= 11 is 6.03. The molecule has 2 heterocycles. The lowest BCUT2D eigenvalue weighted by molar-refractivity contribution is 0.412. The molecule has 1 unspecified atom stereocenters. The van der Waals surface area contributed by atoms with Crippen LogP contribution in [-0.4, -0.2) is 28.2 Å². The molecular formula is C21H22ClFN4O4S. The molecule has 1 aromatic carbocycles. The number of ether oxygens (including phenoxy) is 1. The third-order valence-electron chi connectivity index (χ3n) is 4.67. The predicted molar refractivity (Wildman–Crippen MR) is 121 cm³/mol. The summed E-state index contributed by atoms with van der Waals surface area (Å²) in [6.45, 7) is 3.48. The van der Waals surface area contributed by atoms with Crippen LogP contribution in [0.5, 0.6) is 11.8 Å². The topological polar surface area (TPSA) is 103 Å². The fraction of sp³-hybridized carbons (Fsp3) is 0.286. The molecule has 2 aromatic heterocycles. The Balaban J connectivity index is 2.09. The monoisotopic (exact) mass is 480 g/mol. The Morgan fingerprint density at radius 3 is 2.66 bits per heavy atom. The van der Waals surface area contributed by atoms with Crippen molar-refractivity contribution in [2.24, 2.45) is 7.05 Å². The van der Waals surface area contributed by atoms with Crippen molar-refractivity contribution in [2.75, 3.05) is 4.72 Å². The summed E-state index contributed by atoms with van der Waals surface area (Å²) in [5, 5.41) is -0.659. The minimum Gasteiger partial charge on any atom is -0.419 e. The van der Waals surface area contributed by atoms with Gasteiger partial charge in [-0.15, -0.1) is 0 Å². The van der Waals surface area contributed by atoms with Gasteiger partial charge in [0.25, 0.3) is 0 Å². The highest BCUT2D eigenvalue weighted by molar-refractivity contribution is 7.93. The molecule has 0 bridgehead atoms. The molecule has 3 aromatic rings. The van der Waals surface area contributed by atoms with Gasteiger partial charge in [-0.3, -0.25) is 9.52 Å². The van der Waals surface area contributed by atoms with E-state index in [2.05, 4.69) is 14.7 Å². The second-order valence-electron chi connectivity index (χ2n) is 7.19. The van der Waals surface area contributed by atoms with E-state index in [-0.39, 0.29) is 33.9 Å². The predicted octanol–water partition coefficient (Wildman–Crippen LogP) is 4.36. The van der Waals surface area contributed by atoms with Crippen molar-refractivity contribution < 1.29 is 17.5 Å². The van der Waals surface area contributed by atoms with Gasteiger partial charge in [-0.1, -0.05) is 31.0 Å². The lowest BCUT2D eigenvalue weighted by atomic mass is 10.2. The third kappa shape index (κ3) is 5.43. The van der Waals surface area contributed by atoms with Gasteiger partial charge in [0, 0.05) is 30.9 Å². The highest BCUT2D eigenvalue weighted by Gasteiger charge is 2.22. The SMILES string of the molecule is CCCC(C)S(=O)(=O)Nc1cc(-c2ccc(=O)n(C)c2)nc(Oc2c(F)cccc2Cl)n1. The molecule has 0 aliphatic rings. The van der Waals surface area contributed by atoms with Gasteiger partial charge in [0.15, 0.2) is 11.6 Å². The van der Waals surface area contributed by atoms with Crippen molar-refractivity contribution in [3.05, 3.63) is 63.8 Å². The number of aryl methyl sites for hydroxylation is 1. The van der Waals surface area contributed by atoms with E-state index in [1.165, 1.54) is 41.1 Å². The lowest BCUT2D eigenvalue weighted by Crippen LogP contribution is -2.25. The first-order chi connectivity index (χ1) is 15.1. The zero-order chi connectivity index (χ0) is 23.5. The van der Waals surface area contributed by atoms with Crippen LogP contribution >= 0.6 is 11.6 Å². The van der Waals surface area contributed by atoms with E-state index in [4.69, 9.17) is 16.3 Å². The Kier molecular flexibility index (Phi) is 7.15. The largest absolute Gasteiger partial charge is 0.419 e. The summed E-state index contributed by atoms with van der Waals surface area (Å²) in [7, 11) is -2.18. The van der Waals surface area contributed by atoms with Gasteiger partial charge in [0.2, 0.25) is 15.6 Å². The van der Waals surface area contributed by atoms with E-state index >= 15 is 0 Å². The van der Waals surface area contributed by atoms with Gasteiger partial charge in [0.05, 0.1) is 16.0 Å². The normalized spacial score (nSPS) is 12.4. The van der Waals surface area contributed by atoms with E-state index in [0.29, 0.717) is 18.4 Å². The summed E-state index contributed by atoms with van der Waals surface area (Å²) < 4.78 is 48.8. The van der Waals surface area contributed by atoms with Gasteiger partial charge in [0.1, 0.15) is 5.82 Å². The van der Waals surface area contributed by atoms with Gasteiger partial charge < -0.3 is 9.30 Å². The molecule has 32 heavy (non-hydrogen) atoms. The van der Waals surface area contributed by atoms with Crippen molar-refractivity contribution >= 4 is 27.4 Å². The Morgan fingerprint density at radius 1 is 1.25 bits per heavy atom. The van der Waals surface area contributed by atoms with Gasteiger partial charge in [-0.05, 0) is 31.5 Å². The zero-order valence-electron chi connectivity index (χ0n) is 17.7. The van der Waals surface area contributed by atoms with E-state index < -0.39 is 21.1 Å². The number of benzene rings is 1. The fourth-order valence-corrected chi connectivity index (χ4v) is 4.24. The second-order valence-corrected chi connectivity index (χ2v) is 9.69. The molecule has 0 aliphatic heterocycles. The zero-order valence-corrected chi connectivity index (χ0v) is 19.2. The number of sulfonamides is 1. The van der Waals surface area contributed by atoms with Crippen molar-refractivity contribution in [1.82, 2.24) is 14.5 Å². The average Bonchev–Trinajstić information content (AvgIpc) is 2.72. The second kappa shape index (κ2) is 9.66. The average molecular weight is 481 g/mol. The maximum Gasteiger partial charge on any atom is 0.324 e. The number of pyridine rings is 1. The maximum absolute atomic E-state index is 14.2. The molecule has 1 atom stereocenters. The van der Waals surface area contributed by atoms with Crippen LogP contribution in [0.2, 0.25) is 5.02 Å². The molecule has 8 nitrogen and oxygen atoms in total. The van der Waals surface area contributed by atoms with Crippen LogP contribution in [0.1, 0.15) is 26.7 Å². The summed E-state index contributed by atoms with van der Waals surface area (Å²) in [5.41, 5.74) is 0.534. The van der Waals surface area contributed by atoms with Gasteiger partial charge in [-0.25, -0.2) is 12.8 Å². The minimum absolute atomic E-state index is 0.000176. The number of hydrogen-bond donors (Lipinski definition) is 1. The number of aromatic nitrogens is 3. The molecular weight excluding hydrogens is 459 g/mol. The lowest BCUT2D eigenvalue weighted by Gasteiger charge is -2.15. The number of nitrogens with one attached hydrogen (secondary N) is 1. The number of para-hydroxylation sites is 1. The first-order valence-corrected chi connectivity index (χ1v) is 11.7. The van der Waals surface area contributed by atoms with E-state index in [0.717, 1.165) is 6.07 Å². The number of anilines is 1. The standard InChI is InChI=1S/C21H22ClFN4O4S/c1-4-6-13(2)32(29,30)26-18-11-17(14-9-10-19(28)27(3)12-14)24-21(25-18)31-20-15(22)7-5-8-16(20)23/h5,7-13H,4,6H2,1-3H3,(H,24,25,26). The first kappa shape index (κ1) is 23.7. The first-order valence-electron chi connectivity index (χ1n) is 9.80. The Labute approximate surface area is 190 Å². The van der Waals surface area contributed by atoms with Crippen LogP contribution in [0.4, 0.5) is 10.2 Å². The maximum atomic E-state index is 14.2. The molecule has 0 radical (unpaired) electrons. The van der Waals surface area contributed by atoms with E-state index in [9.17, 15) is 17.6 Å². The molecule has 0 fully saturated rings. The van der Waals surface area contributed by atoms with Crippen LogP contribution < -0.4 is 15.0 Å². The minimum atomic E-state index is -3.75. The number of rotatable bonds is 8. The van der Waals surface area contributed by atoms with Gasteiger partial charge in [-0.2, -0.15) is 9.97 Å². The number of hydrogen-bond acceptors (Lipinski definition) is 6. The summed E-state index contributed by atoms with van der Waals surface area (Å²) in [5.74, 6) is -1.08. The number of halogens is 2. The fourth-order valence-electron chi connectivity index (χ4n) is 2.90. The Hall–Kier alpha value is -2.98. The van der Waals surface area contributed by atoms with Crippen molar-refractivity contribution in [1.29, 1.82) is 0 Å². The van der Waals surface area contributed by atoms with Crippen LogP contribution in [-0.2, 0) is 17.1 Å². The van der Waals surface area contributed by atoms with Gasteiger partial charge >= 0.3 is 6.01 Å². The Bertz CT molecular complexity index is 1280. The highest BCUT2D eigenvalue weighted by atomic mass is 35.5. The van der Waals surface area contributed by atoms with Crippen LogP contribution in [0.15, 0.2) is 47.4 Å². The van der Waals surface area contributed by atoms with E-state index in [1.54, 1.807) is 14.0 Å². The molecule has 11 heteroatoms. The third-order valence-corrected chi connectivity index (χ3v) is 6.76. The molecule has 3 rings (SSSR count). The summed E-state index contributed by atoms with van der Waals surface area (Å²) in [6, 6.07) is 7.99. The van der Waals surface area contributed by atoms with Crippen LogP contribution in [0, 0.1) is 5.82 Å². The highest BCUT2D eigenvalue weighted by Crippen LogP contribution is 2.32. The van der Waals surface area contributed by atoms with E-state index in [1.807, 2.05) is 6.92 Å². The molecule has 0 spiro atoms. The smallest absolute Gasteiger partial charge is 0.324 e. The molecule has 0 saturated heterocycles. The van der Waals surface area contributed by atoms with Crippen LogP contribution in [0.3, 0.4) is 0 Å². The summed E-state index contributed by atoms with van der Waals surface area (Å²) in [4.78, 5) is 20.1. The molecule has 0 saturated carbocycles.